The number of fused-ring (bicyclic) bond motifs is 2. The van der Waals surface area contributed by atoms with Crippen LogP contribution in [0.4, 0.5) is 4.79 Å². The third kappa shape index (κ3) is 2.90. The molecular formula is C12H21NO4. The van der Waals surface area contributed by atoms with E-state index in [0.717, 1.165) is 0 Å². The second-order valence-electron chi connectivity index (χ2n) is 5.93. The highest BCUT2D eigenvalue weighted by atomic mass is 16.6. The van der Waals surface area contributed by atoms with Crippen molar-refractivity contribution in [3.8, 4) is 0 Å². The van der Waals surface area contributed by atoms with Gasteiger partial charge in [0.05, 0.1) is 19.3 Å². The average Bonchev–Trinajstić information content (AvgIpc) is 2.13. The van der Waals surface area contributed by atoms with Crippen molar-refractivity contribution in [3.63, 3.8) is 0 Å². The summed E-state index contributed by atoms with van der Waals surface area (Å²) in [5.74, 6) is 0.0463. The third-order valence-electron chi connectivity index (χ3n) is 3.19. The maximum Gasteiger partial charge on any atom is 0.410 e. The van der Waals surface area contributed by atoms with Gasteiger partial charge in [-0.25, -0.2) is 4.79 Å². The molecule has 5 heteroatoms. The number of nitrogens with zero attached hydrogens (tertiary/aromatic N) is 1. The highest BCUT2D eigenvalue weighted by molar-refractivity contribution is 5.68. The summed E-state index contributed by atoms with van der Waals surface area (Å²) < 4.78 is 10.7. The van der Waals surface area contributed by atoms with Gasteiger partial charge in [0.25, 0.3) is 0 Å². The van der Waals surface area contributed by atoms with E-state index in [4.69, 9.17) is 9.47 Å². The molecule has 3 atom stereocenters. The van der Waals surface area contributed by atoms with E-state index in [1.807, 2.05) is 20.8 Å². The Bertz CT molecular complexity index is 285. The molecule has 1 N–H and O–H groups in total. The zero-order chi connectivity index (χ0) is 12.6. The van der Waals surface area contributed by atoms with E-state index >= 15 is 0 Å². The van der Waals surface area contributed by atoms with Gasteiger partial charge in [0.1, 0.15) is 5.60 Å². The van der Waals surface area contributed by atoms with E-state index in [9.17, 15) is 9.90 Å². The predicted molar refractivity (Wildman–Crippen MR) is 61.6 cm³/mol. The van der Waals surface area contributed by atoms with Gasteiger partial charge in [-0.05, 0) is 20.8 Å². The Morgan fingerprint density at radius 3 is 2.29 bits per heavy atom. The minimum atomic E-state index is -0.473. The summed E-state index contributed by atoms with van der Waals surface area (Å²) in [5, 5.41) is 9.96. The molecule has 98 valence electrons. The molecule has 0 saturated carbocycles. The SMILES string of the molecule is CC(C)(C)OC(=O)N1CC2COC[C@@H](C1)C2O. The molecule has 2 rings (SSSR count). The molecule has 2 bridgehead atoms. The fourth-order valence-electron chi connectivity index (χ4n) is 2.39. The van der Waals surface area contributed by atoms with E-state index in [-0.39, 0.29) is 24.0 Å². The van der Waals surface area contributed by atoms with Crippen molar-refractivity contribution in [2.75, 3.05) is 26.3 Å². The number of aliphatic hydroxyl groups excluding tert-OH is 1. The molecule has 2 unspecified atom stereocenters. The van der Waals surface area contributed by atoms with Gasteiger partial charge in [0, 0.05) is 24.9 Å². The Kier molecular flexibility index (Phi) is 3.32. The van der Waals surface area contributed by atoms with Crippen LogP contribution in [0, 0.1) is 11.8 Å². The van der Waals surface area contributed by atoms with Crippen molar-refractivity contribution in [1.29, 1.82) is 0 Å². The predicted octanol–water partition coefficient (Wildman–Crippen LogP) is 0.861. The fraction of sp³-hybridized carbons (Fsp3) is 0.917. The van der Waals surface area contributed by atoms with Crippen LogP contribution in [0.15, 0.2) is 0 Å². The van der Waals surface area contributed by atoms with E-state index in [1.54, 1.807) is 4.90 Å². The number of hydrogen-bond acceptors (Lipinski definition) is 4. The van der Waals surface area contributed by atoms with Gasteiger partial charge in [0.2, 0.25) is 0 Å². The minimum Gasteiger partial charge on any atom is -0.444 e. The molecule has 2 aliphatic heterocycles. The first-order valence-electron chi connectivity index (χ1n) is 6.10. The van der Waals surface area contributed by atoms with Gasteiger partial charge >= 0.3 is 6.09 Å². The Hall–Kier alpha value is -0.810. The van der Waals surface area contributed by atoms with E-state index < -0.39 is 5.60 Å². The largest absolute Gasteiger partial charge is 0.444 e. The number of ether oxygens (including phenoxy) is 2. The number of carbonyl (C=O) groups excluding carboxylic acids is 1. The maximum absolute atomic E-state index is 11.9. The van der Waals surface area contributed by atoms with Crippen LogP contribution >= 0.6 is 0 Å². The lowest BCUT2D eigenvalue weighted by atomic mass is 9.85. The van der Waals surface area contributed by atoms with Crippen molar-refractivity contribution in [1.82, 2.24) is 4.90 Å². The minimum absolute atomic E-state index is 0.0232. The van der Waals surface area contributed by atoms with Crippen LogP contribution in [0.5, 0.6) is 0 Å². The van der Waals surface area contributed by atoms with Crippen molar-refractivity contribution >= 4 is 6.09 Å². The second kappa shape index (κ2) is 4.46. The van der Waals surface area contributed by atoms with Crippen LogP contribution in [0.25, 0.3) is 0 Å². The Balaban J connectivity index is 1.97. The monoisotopic (exact) mass is 243 g/mol. The summed E-state index contributed by atoms with van der Waals surface area (Å²) in [7, 11) is 0. The first-order valence-corrected chi connectivity index (χ1v) is 6.10. The fourth-order valence-corrected chi connectivity index (χ4v) is 2.39. The second-order valence-corrected chi connectivity index (χ2v) is 5.93. The van der Waals surface area contributed by atoms with Crippen molar-refractivity contribution in [2.24, 2.45) is 11.8 Å². The van der Waals surface area contributed by atoms with Crippen molar-refractivity contribution < 1.29 is 19.4 Å². The molecule has 2 saturated heterocycles. The van der Waals surface area contributed by atoms with Crippen LogP contribution in [0.2, 0.25) is 0 Å². The van der Waals surface area contributed by atoms with E-state index in [0.29, 0.717) is 26.3 Å². The summed E-state index contributed by atoms with van der Waals surface area (Å²) in [6.07, 6.45) is -0.635. The highest BCUT2D eigenvalue weighted by Gasteiger charge is 2.41. The molecule has 0 aliphatic carbocycles. The van der Waals surface area contributed by atoms with Gasteiger partial charge < -0.3 is 19.5 Å². The molecule has 5 nitrogen and oxygen atoms in total. The van der Waals surface area contributed by atoms with Crippen LogP contribution < -0.4 is 0 Å². The third-order valence-corrected chi connectivity index (χ3v) is 3.19. The Labute approximate surface area is 102 Å². The maximum atomic E-state index is 11.9. The quantitative estimate of drug-likeness (QED) is 0.685. The first kappa shape index (κ1) is 12.6. The topological polar surface area (TPSA) is 59.0 Å². The number of likely N-dealkylation sites (tertiary alicyclic amines) is 1. The molecule has 1 amide bonds. The summed E-state index contributed by atoms with van der Waals surface area (Å²) in [6.45, 7) is 7.65. The number of amides is 1. The molecule has 2 fully saturated rings. The number of hydrogen-bond donors (Lipinski definition) is 1. The summed E-state index contributed by atoms with van der Waals surface area (Å²) in [6, 6.07) is 0. The zero-order valence-electron chi connectivity index (χ0n) is 10.7. The number of aliphatic hydroxyl groups is 1. The highest BCUT2D eigenvalue weighted by Crippen LogP contribution is 2.28. The molecular weight excluding hydrogens is 222 g/mol. The zero-order valence-corrected chi connectivity index (χ0v) is 10.7. The normalized spacial score (nSPS) is 33.4. The molecule has 0 spiro atoms. The van der Waals surface area contributed by atoms with Gasteiger partial charge in [-0.15, -0.1) is 0 Å². The van der Waals surface area contributed by atoms with E-state index in [2.05, 4.69) is 0 Å². The standard InChI is InChI=1S/C12H21NO4/c1-12(2,3)17-11(15)13-4-8-6-16-7-9(5-13)10(8)14/h8-10,14H,4-7H2,1-3H3/t8-,9?,10?/m1/s1. The van der Waals surface area contributed by atoms with Crippen LogP contribution in [-0.2, 0) is 9.47 Å². The number of rotatable bonds is 0. The summed E-state index contributed by atoms with van der Waals surface area (Å²) in [5.41, 5.74) is -0.473. The summed E-state index contributed by atoms with van der Waals surface area (Å²) >= 11 is 0. The van der Waals surface area contributed by atoms with Crippen LogP contribution in [-0.4, -0.2) is 54.1 Å². The van der Waals surface area contributed by atoms with Gasteiger partial charge in [-0.2, -0.15) is 0 Å². The average molecular weight is 243 g/mol. The number of carbonyl (C=O) groups is 1. The smallest absolute Gasteiger partial charge is 0.410 e. The molecule has 0 aromatic carbocycles. The molecule has 0 aromatic rings. The van der Waals surface area contributed by atoms with E-state index in [1.165, 1.54) is 0 Å². The number of piperidine rings is 1. The van der Waals surface area contributed by atoms with Crippen molar-refractivity contribution in [2.45, 2.75) is 32.5 Å². The molecule has 0 aromatic heterocycles. The Morgan fingerprint density at radius 2 is 1.82 bits per heavy atom. The first-order chi connectivity index (χ1) is 7.87. The molecule has 17 heavy (non-hydrogen) atoms. The lowest BCUT2D eigenvalue weighted by Crippen LogP contribution is -2.57. The van der Waals surface area contributed by atoms with Crippen molar-refractivity contribution in [3.05, 3.63) is 0 Å². The lowest BCUT2D eigenvalue weighted by molar-refractivity contribution is -0.122. The van der Waals surface area contributed by atoms with Gasteiger partial charge in [0.15, 0.2) is 0 Å². The molecule has 0 radical (unpaired) electrons. The van der Waals surface area contributed by atoms with Gasteiger partial charge in [-0.3, -0.25) is 0 Å². The molecule has 2 aliphatic rings. The molecule has 2 heterocycles. The summed E-state index contributed by atoms with van der Waals surface area (Å²) in [4.78, 5) is 13.6. The lowest BCUT2D eigenvalue weighted by Gasteiger charge is -2.44. The Morgan fingerprint density at radius 1 is 1.29 bits per heavy atom. The van der Waals surface area contributed by atoms with Crippen LogP contribution in [0.3, 0.4) is 0 Å². The van der Waals surface area contributed by atoms with Crippen LogP contribution in [0.1, 0.15) is 20.8 Å². The van der Waals surface area contributed by atoms with Gasteiger partial charge in [-0.1, -0.05) is 0 Å².